The van der Waals surface area contributed by atoms with Crippen molar-refractivity contribution in [3.63, 3.8) is 0 Å². The number of hydrogen-bond acceptors (Lipinski definition) is 5. The topological polar surface area (TPSA) is 101 Å². The average Bonchev–Trinajstić information content (AvgIpc) is 2.44. The van der Waals surface area contributed by atoms with Crippen LogP contribution in [-0.4, -0.2) is 39.6 Å². The largest absolute Gasteiger partial charge is 0.378 e. The van der Waals surface area contributed by atoms with Crippen molar-refractivity contribution < 1.29 is 13.9 Å². The van der Waals surface area contributed by atoms with Gasteiger partial charge in [-0.3, -0.25) is 19.1 Å². The Morgan fingerprint density at radius 3 is 2.67 bits per heavy atom. The van der Waals surface area contributed by atoms with Gasteiger partial charge in [0.2, 0.25) is 0 Å². The Kier molecular flexibility index (Phi) is 6.29. The standard InChI is InChI=1S/C13H19N3O4S/c1-4-14-13(17)10-5-6-11(12(7-10)16(18)19)15-8-9(2)21(3)20/h5-7,9,15H,4,8H2,1-3H3,(H,14,17). The molecular formula is C13H19N3O4S. The molecule has 116 valence electrons. The van der Waals surface area contributed by atoms with Gasteiger partial charge in [-0.15, -0.1) is 0 Å². The number of nitrogens with zero attached hydrogens (tertiary/aromatic N) is 1. The maximum Gasteiger partial charge on any atom is 0.293 e. The van der Waals surface area contributed by atoms with Crippen LogP contribution in [0, 0.1) is 10.1 Å². The van der Waals surface area contributed by atoms with Crippen LogP contribution in [0.5, 0.6) is 0 Å². The second-order valence-corrected chi connectivity index (χ2v) is 6.34. The monoisotopic (exact) mass is 313 g/mol. The third-order valence-corrected chi connectivity index (χ3v) is 4.24. The van der Waals surface area contributed by atoms with Crippen LogP contribution >= 0.6 is 0 Å². The molecule has 0 bridgehead atoms. The van der Waals surface area contributed by atoms with Crippen molar-refractivity contribution in [1.82, 2.24) is 5.32 Å². The molecule has 0 aliphatic carbocycles. The molecule has 2 atom stereocenters. The van der Waals surface area contributed by atoms with Gasteiger partial charge in [-0.25, -0.2) is 0 Å². The summed E-state index contributed by atoms with van der Waals surface area (Å²) in [5.74, 6) is -0.352. The molecule has 1 aromatic rings. The number of nitrogens with one attached hydrogen (secondary N) is 2. The lowest BCUT2D eigenvalue weighted by molar-refractivity contribution is -0.384. The molecule has 0 spiro atoms. The summed E-state index contributed by atoms with van der Waals surface area (Å²) >= 11 is 0. The molecule has 2 unspecified atom stereocenters. The number of amides is 1. The van der Waals surface area contributed by atoms with Crippen LogP contribution < -0.4 is 10.6 Å². The van der Waals surface area contributed by atoms with Crippen molar-refractivity contribution in [3.8, 4) is 0 Å². The van der Waals surface area contributed by atoms with Crippen LogP contribution in [0.25, 0.3) is 0 Å². The summed E-state index contributed by atoms with van der Waals surface area (Å²) in [6.45, 7) is 4.36. The lowest BCUT2D eigenvalue weighted by Gasteiger charge is -2.12. The summed E-state index contributed by atoms with van der Waals surface area (Å²) in [5.41, 5.74) is 0.374. The van der Waals surface area contributed by atoms with Gasteiger partial charge in [0.1, 0.15) is 5.69 Å². The van der Waals surface area contributed by atoms with E-state index in [1.165, 1.54) is 18.2 Å². The second kappa shape index (κ2) is 7.72. The van der Waals surface area contributed by atoms with Crippen LogP contribution in [-0.2, 0) is 10.8 Å². The van der Waals surface area contributed by atoms with Crippen LogP contribution in [0.15, 0.2) is 18.2 Å². The molecule has 0 aliphatic rings. The van der Waals surface area contributed by atoms with E-state index in [-0.39, 0.29) is 22.4 Å². The van der Waals surface area contributed by atoms with Crippen molar-refractivity contribution in [2.75, 3.05) is 24.7 Å². The van der Waals surface area contributed by atoms with Gasteiger partial charge >= 0.3 is 0 Å². The van der Waals surface area contributed by atoms with Crippen LogP contribution in [0.1, 0.15) is 24.2 Å². The molecule has 1 rings (SSSR count). The highest BCUT2D eigenvalue weighted by Gasteiger charge is 2.18. The van der Waals surface area contributed by atoms with E-state index >= 15 is 0 Å². The van der Waals surface area contributed by atoms with E-state index in [0.29, 0.717) is 18.8 Å². The molecule has 0 fully saturated rings. The van der Waals surface area contributed by atoms with Crippen molar-refractivity contribution >= 4 is 28.1 Å². The molecular weight excluding hydrogens is 294 g/mol. The van der Waals surface area contributed by atoms with E-state index in [1.54, 1.807) is 20.1 Å². The molecule has 0 aliphatic heterocycles. The van der Waals surface area contributed by atoms with E-state index in [9.17, 15) is 19.1 Å². The maximum absolute atomic E-state index is 11.7. The molecule has 0 aromatic heterocycles. The first-order valence-corrected chi connectivity index (χ1v) is 8.11. The Bertz CT molecular complexity index is 562. The number of hydrogen-bond donors (Lipinski definition) is 2. The fourth-order valence-corrected chi connectivity index (χ4v) is 1.93. The molecule has 8 heteroatoms. The smallest absolute Gasteiger partial charge is 0.293 e. The summed E-state index contributed by atoms with van der Waals surface area (Å²) < 4.78 is 11.3. The van der Waals surface area contributed by atoms with Crippen LogP contribution in [0.3, 0.4) is 0 Å². The SMILES string of the molecule is CCNC(=O)c1ccc(NCC(C)S(C)=O)c([N+](=O)[O-])c1. The van der Waals surface area contributed by atoms with Gasteiger partial charge in [0.25, 0.3) is 11.6 Å². The number of carbonyl (C=O) groups excluding carboxylic acids is 1. The van der Waals surface area contributed by atoms with Gasteiger partial charge in [0.05, 0.1) is 4.92 Å². The Morgan fingerprint density at radius 1 is 1.48 bits per heavy atom. The van der Waals surface area contributed by atoms with Crippen molar-refractivity contribution in [3.05, 3.63) is 33.9 Å². The third kappa shape index (κ3) is 4.82. The van der Waals surface area contributed by atoms with E-state index in [0.717, 1.165) is 0 Å². The van der Waals surface area contributed by atoms with Crippen LogP contribution in [0.4, 0.5) is 11.4 Å². The zero-order chi connectivity index (χ0) is 16.0. The van der Waals surface area contributed by atoms with Crippen molar-refractivity contribution in [2.45, 2.75) is 19.1 Å². The van der Waals surface area contributed by atoms with E-state index in [2.05, 4.69) is 10.6 Å². The van der Waals surface area contributed by atoms with Gasteiger partial charge in [0, 0.05) is 47.0 Å². The number of nitro groups is 1. The Labute approximate surface area is 125 Å². The number of carbonyl (C=O) groups is 1. The van der Waals surface area contributed by atoms with E-state index in [4.69, 9.17) is 0 Å². The first-order valence-electron chi connectivity index (χ1n) is 6.49. The van der Waals surface area contributed by atoms with E-state index in [1.807, 2.05) is 0 Å². The molecule has 0 saturated carbocycles. The lowest BCUT2D eigenvalue weighted by Crippen LogP contribution is -2.23. The van der Waals surface area contributed by atoms with Gasteiger partial charge < -0.3 is 10.6 Å². The summed E-state index contributed by atoms with van der Waals surface area (Å²) in [7, 11) is -1.01. The summed E-state index contributed by atoms with van der Waals surface area (Å²) in [5, 5.41) is 16.5. The van der Waals surface area contributed by atoms with Gasteiger partial charge in [-0.2, -0.15) is 0 Å². The molecule has 7 nitrogen and oxygen atoms in total. The predicted octanol–water partition coefficient (Wildman–Crippen LogP) is 1.52. The predicted molar refractivity (Wildman–Crippen MR) is 83.1 cm³/mol. The Hall–Kier alpha value is -1.96. The zero-order valence-corrected chi connectivity index (χ0v) is 13.0. The zero-order valence-electron chi connectivity index (χ0n) is 12.2. The average molecular weight is 313 g/mol. The Balaban J connectivity index is 2.97. The third-order valence-electron chi connectivity index (χ3n) is 2.94. The van der Waals surface area contributed by atoms with Gasteiger partial charge in [-0.05, 0) is 26.0 Å². The summed E-state index contributed by atoms with van der Waals surface area (Å²) in [6, 6.07) is 4.25. The molecule has 0 saturated heterocycles. The minimum Gasteiger partial charge on any atom is -0.378 e. The summed E-state index contributed by atoms with van der Waals surface area (Å²) in [6.07, 6.45) is 1.58. The molecule has 1 aromatic carbocycles. The highest BCUT2D eigenvalue weighted by atomic mass is 32.2. The molecule has 0 heterocycles. The quantitative estimate of drug-likeness (QED) is 0.587. The fourth-order valence-electron chi connectivity index (χ4n) is 1.61. The minimum atomic E-state index is -1.01. The van der Waals surface area contributed by atoms with Crippen LogP contribution in [0.2, 0.25) is 0 Å². The Morgan fingerprint density at radius 2 is 2.14 bits per heavy atom. The van der Waals surface area contributed by atoms with Gasteiger partial charge in [-0.1, -0.05) is 0 Å². The highest BCUT2D eigenvalue weighted by Crippen LogP contribution is 2.25. The van der Waals surface area contributed by atoms with Crippen molar-refractivity contribution in [1.29, 1.82) is 0 Å². The number of rotatable bonds is 7. The fraction of sp³-hybridized carbons (Fsp3) is 0.462. The number of nitro benzene ring substituents is 1. The summed E-state index contributed by atoms with van der Waals surface area (Å²) in [4.78, 5) is 22.3. The normalized spacial score (nSPS) is 13.3. The first kappa shape index (κ1) is 17.1. The molecule has 2 N–H and O–H groups in total. The second-order valence-electron chi connectivity index (χ2n) is 4.54. The molecule has 0 radical (unpaired) electrons. The molecule has 1 amide bonds. The molecule has 21 heavy (non-hydrogen) atoms. The number of anilines is 1. The lowest BCUT2D eigenvalue weighted by atomic mass is 10.1. The highest BCUT2D eigenvalue weighted by molar-refractivity contribution is 7.84. The first-order chi connectivity index (χ1) is 9.86. The van der Waals surface area contributed by atoms with E-state index < -0.39 is 15.7 Å². The maximum atomic E-state index is 11.7. The van der Waals surface area contributed by atoms with Gasteiger partial charge in [0.15, 0.2) is 0 Å². The van der Waals surface area contributed by atoms with Crippen molar-refractivity contribution in [2.24, 2.45) is 0 Å². The number of benzene rings is 1. The minimum absolute atomic E-state index is 0.132.